The van der Waals surface area contributed by atoms with Gasteiger partial charge in [-0.05, 0) is 19.8 Å². The summed E-state index contributed by atoms with van der Waals surface area (Å²) in [6, 6.07) is 1.90. The number of methoxy groups -OCH3 is 1. The molecule has 0 aliphatic carbocycles. The third-order valence-electron chi connectivity index (χ3n) is 3.95. The third-order valence-corrected chi connectivity index (χ3v) is 4.63. The van der Waals surface area contributed by atoms with Crippen LogP contribution < -0.4 is 5.32 Å². The number of anilines is 2. The predicted molar refractivity (Wildman–Crippen MR) is 92.6 cm³/mol. The minimum atomic E-state index is 0.0241. The van der Waals surface area contributed by atoms with E-state index in [4.69, 9.17) is 4.74 Å². The molecule has 1 aliphatic rings. The summed E-state index contributed by atoms with van der Waals surface area (Å²) in [4.78, 5) is 27.4. The van der Waals surface area contributed by atoms with Crippen molar-refractivity contribution in [3.8, 4) is 0 Å². The molecule has 1 aliphatic heterocycles. The van der Waals surface area contributed by atoms with Crippen LogP contribution in [0, 0.1) is 6.92 Å². The van der Waals surface area contributed by atoms with E-state index in [1.807, 2.05) is 23.3 Å². The monoisotopic (exact) mass is 347 g/mol. The molecule has 24 heavy (non-hydrogen) atoms. The Morgan fingerprint density at radius 3 is 3.12 bits per heavy atom. The van der Waals surface area contributed by atoms with Gasteiger partial charge in [0.05, 0.1) is 0 Å². The lowest BCUT2D eigenvalue weighted by atomic mass is 9.97. The minimum absolute atomic E-state index is 0.0241. The van der Waals surface area contributed by atoms with Gasteiger partial charge in [-0.1, -0.05) is 0 Å². The fourth-order valence-electron chi connectivity index (χ4n) is 2.86. The number of amides is 1. The van der Waals surface area contributed by atoms with E-state index in [1.165, 1.54) is 11.3 Å². The van der Waals surface area contributed by atoms with E-state index in [0.717, 1.165) is 41.9 Å². The molecule has 0 saturated carbocycles. The lowest BCUT2D eigenvalue weighted by Crippen LogP contribution is -2.41. The van der Waals surface area contributed by atoms with E-state index in [-0.39, 0.29) is 18.4 Å². The summed E-state index contributed by atoms with van der Waals surface area (Å²) in [5.74, 6) is 1.70. The number of rotatable bonds is 5. The Morgan fingerprint density at radius 2 is 2.38 bits per heavy atom. The molecule has 1 unspecified atom stereocenters. The number of aromatic nitrogens is 3. The van der Waals surface area contributed by atoms with Gasteiger partial charge in [0.1, 0.15) is 18.2 Å². The van der Waals surface area contributed by atoms with Crippen LogP contribution in [0.4, 0.5) is 10.9 Å². The molecular formula is C16H21N5O2S. The molecule has 0 radical (unpaired) electrons. The number of piperidine rings is 1. The zero-order valence-corrected chi connectivity index (χ0v) is 14.7. The molecule has 0 spiro atoms. The second-order valence-electron chi connectivity index (χ2n) is 5.83. The molecule has 8 heteroatoms. The first-order valence-electron chi connectivity index (χ1n) is 7.94. The molecule has 1 N–H and O–H groups in total. The van der Waals surface area contributed by atoms with Crippen molar-refractivity contribution in [2.75, 3.05) is 32.1 Å². The van der Waals surface area contributed by atoms with Gasteiger partial charge in [0.2, 0.25) is 5.91 Å². The van der Waals surface area contributed by atoms with Crippen LogP contribution in [0.15, 0.2) is 17.6 Å². The maximum Gasteiger partial charge on any atom is 0.248 e. The van der Waals surface area contributed by atoms with Crippen LogP contribution in [0.1, 0.15) is 30.3 Å². The van der Waals surface area contributed by atoms with Crippen LogP contribution >= 0.6 is 11.3 Å². The summed E-state index contributed by atoms with van der Waals surface area (Å²) in [5.41, 5.74) is 0.902. The topological polar surface area (TPSA) is 80.2 Å². The number of likely N-dealkylation sites (tertiary alicyclic amines) is 1. The van der Waals surface area contributed by atoms with Crippen LogP contribution in [-0.2, 0) is 9.53 Å². The SMILES string of the molecule is COCC(=O)N1CCCC(c2nc(C)cc(Nc3nccs3)n2)C1. The van der Waals surface area contributed by atoms with Crippen LogP contribution in [0.5, 0.6) is 0 Å². The van der Waals surface area contributed by atoms with E-state index in [1.54, 1.807) is 13.3 Å². The normalized spacial score (nSPS) is 17.8. The summed E-state index contributed by atoms with van der Waals surface area (Å²) < 4.78 is 4.96. The summed E-state index contributed by atoms with van der Waals surface area (Å²) in [6.07, 6.45) is 3.69. The molecule has 0 aromatic carbocycles. The van der Waals surface area contributed by atoms with Gasteiger partial charge in [-0.2, -0.15) is 0 Å². The molecule has 0 bridgehead atoms. The van der Waals surface area contributed by atoms with Crippen molar-refractivity contribution in [3.05, 3.63) is 29.2 Å². The molecule has 1 saturated heterocycles. The largest absolute Gasteiger partial charge is 0.375 e. The molecule has 2 aromatic rings. The highest BCUT2D eigenvalue weighted by Gasteiger charge is 2.26. The Balaban J connectivity index is 1.75. The Bertz CT molecular complexity index is 692. The second-order valence-corrected chi connectivity index (χ2v) is 6.72. The lowest BCUT2D eigenvalue weighted by Gasteiger charge is -2.32. The van der Waals surface area contributed by atoms with Crippen molar-refractivity contribution in [2.24, 2.45) is 0 Å². The van der Waals surface area contributed by atoms with Gasteiger partial charge in [-0.25, -0.2) is 15.0 Å². The number of carbonyl (C=O) groups excluding carboxylic acids is 1. The van der Waals surface area contributed by atoms with E-state index in [0.29, 0.717) is 6.54 Å². The molecule has 128 valence electrons. The number of carbonyl (C=O) groups is 1. The van der Waals surface area contributed by atoms with Crippen molar-refractivity contribution < 1.29 is 9.53 Å². The van der Waals surface area contributed by atoms with Crippen molar-refractivity contribution in [1.29, 1.82) is 0 Å². The maximum atomic E-state index is 12.1. The van der Waals surface area contributed by atoms with E-state index >= 15 is 0 Å². The Kier molecular flexibility index (Phi) is 5.37. The highest BCUT2D eigenvalue weighted by molar-refractivity contribution is 7.13. The van der Waals surface area contributed by atoms with Crippen molar-refractivity contribution in [3.63, 3.8) is 0 Å². The summed E-state index contributed by atoms with van der Waals surface area (Å²) in [5, 5.41) is 5.93. The van der Waals surface area contributed by atoms with E-state index < -0.39 is 0 Å². The van der Waals surface area contributed by atoms with Gasteiger partial charge >= 0.3 is 0 Å². The van der Waals surface area contributed by atoms with Gasteiger partial charge in [0.25, 0.3) is 0 Å². The Hall–Kier alpha value is -2.06. The summed E-state index contributed by atoms with van der Waals surface area (Å²) in [6.45, 7) is 3.49. The first-order valence-corrected chi connectivity index (χ1v) is 8.82. The van der Waals surface area contributed by atoms with Crippen molar-refractivity contribution >= 4 is 28.2 Å². The van der Waals surface area contributed by atoms with E-state index in [9.17, 15) is 4.79 Å². The highest BCUT2D eigenvalue weighted by Crippen LogP contribution is 2.26. The Morgan fingerprint density at radius 1 is 1.50 bits per heavy atom. The molecular weight excluding hydrogens is 326 g/mol. The average Bonchev–Trinajstić information content (AvgIpc) is 3.07. The number of nitrogens with one attached hydrogen (secondary N) is 1. The number of ether oxygens (including phenoxy) is 1. The summed E-state index contributed by atoms with van der Waals surface area (Å²) in [7, 11) is 1.54. The number of hydrogen-bond acceptors (Lipinski definition) is 7. The van der Waals surface area contributed by atoms with Crippen LogP contribution in [0.3, 0.4) is 0 Å². The van der Waals surface area contributed by atoms with Gasteiger partial charge in [0.15, 0.2) is 5.13 Å². The van der Waals surface area contributed by atoms with Gasteiger partial charge in [0, 0.05) is 49.5 Å². The zero-order valence-electron chi connectivity index (χ0n) is 13.9. The number of thiazole rings is 1. The summed E-state index contributed by atoms with van der Waals surface area (Å²) >= 11 is 1.53. The van der Waals surface area contributed by atoms with Crippen LogP contribution in [-0.4, -0.2) is 52.6 Å². The maximum absolute atomic E-state index is 12.1. The molecule has 7 nitrogen and oxygen atoms in total. The molecule has 1 amide bonds. The standard InChI is InChI=1S/C16H21N5O2S/c1-11-8-13(20-16-17-5-7-24-16)19-15(18-11)12-4-3-6-21(9-12)14(22)10-23-2/h5,7-8,12H,3-4,6,9-10H2,1-2H3,(H,17,18,19,20). The van der Waals surface area contributed by atoms with Crippen LogP contribution in [0.2, 0.25) is 0 Å². The van der Waals surface area contributed by atoms with Gasteiger partial charge in [-0.3, -0.25) is 4.79 Å². The fourth-order valence-corrected chi connectivity index (χ4v) is 3.40. The molecule has 1 atom stereocenters. The molecule has 1 fully saturated rings. The van der Waals surface area contributed by atoms with Gasteiger partial charge in [-0.15, -0.1) is 11.3 Å². The van der Waals surface area contributed by atoms with E-state index in [2.05, 4.69) is 20.3 Å². The van der Waals surface area contributed by atoms with Gasteiger partial charge < -0.3 is 15.0 Å². The van der Waals surface area contributed by atoms with Crippen molar-refractivity contribution in [2.45, 2.75) is 25.7 Å². The predicted octanol–water partition coefficient (Wildman–Crippen LogP) is 2.34. The second kappa shape index (κ2) is 7.67. The molecule has 3 heterocycles. The highest BCUT2D eigenvalue weighted by atomic mass is 32.1. The first-order chi connectivity index (χ1) is 11.7. The van der Waals surface area contributed by atoms with Crippen LogP contribution in [0.25, 0.3) is 0 Å². The zero-order chi connectivity index (χ0) is 16.9. The number of aryl methyl sites for hydroxylation is 1. The minimum Gasteiger partial charge on any atom is -0.375 e. The number of nitrogens with zero attached hydrogens (tertiary/aromatic N) is 4. The average molecular weight is 347 g/mol. The lowest BCUT2D eigenvalue weighted by molar-refractivity contribution is -0.136. The Labute approximate surface area is 145 Å². The first kappa shape index (κ1) is 16.8. The molecule has 2 aromatic heterocycles. The van der Waals surface area contributed by atoms with Crippen molar-refractivity contribution in [1.82, 2.24) is 19.9 Å². The molecule has 3 rings (SSSR count). The fraction of sp³-hybridized carbons (Fsp3) is 0.500. The third kappa shape index (κ3) is 4.07. The number of hydrogen-bond donors (Lipinski definition) is 1. The quantitative estimate of drug-likeness (QED) is 0.894. The smallest absolute Gasteiger partial charge is 0.248 e.